The predicted molar refractivity (Wildman–Crippen MR) is 143 cm³/mol. The van der Waals surface area contributed by atoms with E-state index in [4.69, 9.17) is 14.2 Å². The molecule has 0 amide bonds. The first-order chi connectivity index (χ1) is 17.7. The van der Waals surface area contributed by atoms with Crippen molar-refractivity contribution in [2.24, 2.45) is 11.8 Å². The summed E-state index contributed by atoms with van der Waals surface area (Å²) in [6.07, 6.45) is 1.89. The molecule has 3 atom stereocenters. The molecule has 0 saturated carbocycles. The maximum atomic E-state index is 13.7. The minimum atomic E-state index is -3.87. The molecule has 1 saturated heterocycles. The zero-order valence-corrected chi connectivity index (χ0v) is 23.1. The summed E-state index contributed by atoms with van der Waals surface area (Å²) in [5, 5.41) is 9.88. The van der Waals surface area contributed by atoms with Crippen molar-refractivity contribution in [1.82, 2.24) is 9.21 Å². The van der Waals surface area contributed by atoms with Crippen molar-refractivity contribution in [3.63, 3.8) is 0 Å². The average Bonchev–Trinajstić information content (AvgIpc) is 2.90. The van der Waals surface area contributed by atoms with Crippen LogP contribution in [0.25, 0.3) is 11.1 Å². The van der Waals surface area contributed by atoms with Crippen LogP contribution in [0.15, 0.2) is 47.4 Å². The van der Waals surface area contributed by atoms with E-state index in [0.29, 0.717) is 18.2 Å². The van der Waals surface area contributed by atoms with Gasteiger partial charge in [0.2, 0.25) is 10.0 Å². The van der Waals surface area contributed by atoms with Crippen LogP contribution < -0.4 is 9.47 Å². The molecule has 37 heavy (non-hydrogen) atoms. The van der Waals surface area contributed by atoms with Crippen LogP contribution in [0, 0.1) is 11.8 Å². The van der Waals surface area contributed by atoms with Crippen LogP contribution in [0.5, 0.6) is 11.5 Å². The maximum Gasteiger partial charge on any atom is 0.247 e. The van der Waals surface area contributed by atoms with Gasteiger partial charge in [-0.05, 0) is 68.1 Å². The first-order valence-corrected chi connectivity index (χ1v) is 14.5. The van der Waals surface area contributed by atoms with Gasteiger partial charge in [0, 0.05) is 44.8 Å². The second-order valence-corrected chi connectivity index (χ2v) is 12.3. The van der Waals surface area contributed by atoms with Crippen LogP contribution in [-0.4, -0.2) is 88.5 Å². The number of likely N-dealkylation sites (N-methyl/N-ethyl adjacent to an activating group) is 1. The Kier molecular flexibility index (Phi) is 9.13. The monoisotopic (exact) mass is 532 g/mol. The van der Waals surface area contributed by atoms with Crippen molar-refractivity contribution < 1.29 is 27.7 Å². The summed E-state index contributed by atoms with van der Waals surface area (Å²) in [6.45, 7) is 7.03. The SMILES string of the molecule is COc1ccc(-c2ccc3c(c2)O[C@H](CN(C)CC2CCOCC2)[C@H](C)CN([C@@H](C)CO)S3(=O)=O)cc1. The summed E-state index contributed by atoms with van der Waals surface area (Å²) < 4.78 is 46.2. The number of aliphatic hydroxyl groups excluding tert-OH is 1. The molecular formula is C28H40N2O6S. The molecule has 2 aromatic carbocycles. The van der Waals surface area contributed by atoms with Gasteiger partial charge in [-0.2, -0.15) is 4.31 Å². The fraction of sp³-hybridized carbons (Fsp3) is 0.571. The lowest BCUT2D eigenvalue weighted by molar-refractivity contribution is 0.0402. The Hall–Kier alpha value is -2.17. The van der Waals surface area contributed by atoms with Crippen LogP contribution in [-0.2, 0) is 14.8 Å². The molecule has 0 spiro atoms. The third-order valence-corrected chi connectivity index (χ3v) is 9.51. The summed E-state index contributed by atoms with van der Waals surface area (Å²) >= 11 is 0. The van der Waals surface area contributed by atoms with Gasteiger partial charge in [-0.1, -0.05) is 25.1 Å². The van der Waals surface area contributed by atoms with E-state index in [-0.39, 0.29) is 30.1 Å². The zero-order valence-electron chi connectivity index (χ0n) is 22.3. The molecule has 1 fully saturated rings. The first-order valence-electron chi connectivity index (χ1n) is 13.1. The fourth-order valence-corrected chi connectivity index (χ4v) is 6.98. The molecule has 2 heterocycles. The number of fused-ring (bicyclic) bond motifs is 1. The molecule has 0 bridgehead atoms. The maximum absolute atomic E-state index is 13.7. The molecule has 204 valence electrons. The van der Waals surface area contributed by atoms with Gasteiger partial charge in [0.05, 0.1) is 13.7 Å². The van der Waals surface area contributed by atoms with Gasteiger partial charge in [0.1, 0.15) is 22.5 Å². The van der Waals surface area contributed by atoms with Gasteiger partial charge in [-0.3, -0.25) is 0 Å². The number of hydrogen-bond donors (Lipinski definition) is 1. The molecule has 4 rings (SSSR count). The van der Waals surface area contributed by atoms with Crippen LogP contribution in [0.3, 0.4) is 0 Å². The van der Waals surface area contributed by atoms with Crippen molar-refractivity contribution in [2.75, 3.05) is 53.6 Å². The topological polar surface area (TPSA) is 88.5 Å². The summed E-state index contributed by atoms with van der Waals surface area (Å²) in [5.41, 5.74) is 1.80. The number of nitrogens with zero attached hydrogens (tertiary/aromatic N) is 2. The molecule has 2 aliphatic rings. The number of methoxy groups -OCH3 is 1. The molecule has 0 unspecified atom stereocenters. The minimum Gasteiger partial charge on any atom is -0.497 e. The highest BCUT2D eigenvalue weighted by Gasteiger charge is 2.38. The van der Waals surface area contributed by atoms with E-state index >= 15 is 0 Å². The zero-order chi connectivity index (χ0) is 26.6. The Morgan fingerprint density at radius 2 is 1.78 bits per heavy atom. The van der Waals surface area contributed by atoms with Gasteiger partial charge in [0.25, 0.3) is 0 Å². The van der Waals surface area contributed by atoms with Gasteiger partial charge >= 0.3 is 0 Å². The Labute approximate surface area is 221 Å². The molecular weight excluding hydrogens is 492 g/mol. The van der Waals surface area contributed by atoms with Crippen LogP contribution in [0.1, 0.15) is 26.7 Å². The van der Waals surface area contributed by atoms with E-state index in [0.717, 1.165) is 49.5 Å². The number of aliphatic hydroxyl groups is 1. The standard InChI is InChI=1S/C28H40N2O6S/c1-20-16-30(21(2)19-31)37(32,33)28-10-7-24(23-5-8-25(34-4)9-6-23)15-26(28)36-27(20)18-29(3)17-22-11-13-35-14-12-22/h5-10,15,20-22,27,31H,11-14,16-19H2,1-4H3/t20-,21+,27-/m1/s1. The van der Waals surface area contributed by atoms with E-state index in [2.05, 4.69) is 11.9 Å². The molecule has 0 aromatic heterocycles. The Balaban J connectivity index is 1.68. The largest absolute Gasteiger partial charge is 0.497 e. The fourth-order valence-electron chi connectivity index (χ4n) is 5.16. The Morgan fingerprint density at radius 1 is 1.11 bits per heavy atom. The lowest BCUT2D eigenvalue weighted by atomic mass is 9.98. The molecule has 0 radical (unpaired) electrons. The second kappa shape index (κ2) is 12.1. The molecule has 2 aliphatic heterocycles. The van der Waals surface area contributed by atoms with Gasteiger partial charge in [-0.25, -0.2) is 8.42 Å². The predicted octanol–water partition coefficient (Wildman–Crippen LogP) is 3.49. The van der Waals surface area contributed by atoms with Gasteiger partial charge in [0.15, 0.2) is 0 Å². The Bertz CT molecular complexity index is 1130. The average molecular weight is 533 g/mol. The first kappa shape index (κ1) is 27.9. The van der Waals surface area contributed by atoms with Crippen LogP contribution in [0.4, 0.5) is 0 Å². The number of benzene rings is 2. The van der Waals surface area contributed by atoms with E-state index in [1.807, 2.05) is 37.3 Å². The number of hydrogen-bond acceptors (Lipinski definition) is 7. The van der Waals surface area contributed by atoms with E-state index < -0.39 is 16.1 Å². The third kappa shape index (κ3) is 6.46. The van der Waals surface area contributed by atoms with Crippen molar-refractivity contribution >= 4 is 10.0 Å². The highest BCUT2D eigenvalue weighted by Crippen LogP contribution is 2.37. The van der Waals surface area contributed by atoms with E-state index in [9.17, 15) is 13.5 Å². The van der Waals surface area contributed by atoms with Crippen LogP contribution in [0.2, 0.25) is 0 Å². The minimum absolute atomic E-state index is 0.0845. The molecule has 9 heteroatoms. The quantitative estimate of drug-likeness (QED) is 0.557. The highest BCUT2D eigenvalue weighted by molar-refractivity contribution is 7.89. The van der Waals surface area contributed by atoms with Crippen molar-refractivity contribution in [2.45, 2.75) is 43.7 Å². The highest BCUT2D eigenvalue weighted by atomic mass is 32.2. The third-order valence-electron chi connectivity index (χ3n) is 7.49. The van der Waals surface area contributed by atoms with Crippen LogP contribution >= 0.6 is 0 Å². The normalized spacial score (nSPS) is 23.5. The second-order valence-electron chi connectivity index (χ2n) is 10.4. The number of sulfonamides is 1. The molecule has 2 aromatic rings. The molecule has 1 N–H and O–H groups in total. The molecule has 0 aliphatic carbocycles. The van der Waals surface area contributed by atoms with Crippen molar-refractivity contribution in [1.29, 1.82) is 0 Å². The lowest BCUT2D eigenvalue weighted by Gasteiger charge is -2.38. The molecule has 8 nitrogen and oxygen atoms in total. The summed E-state index contributed by atoms with van der Waals surface area (Å²) in [4.78, 5) is 2.43. The van der Waals surface area contributed by atoms with Gasteiger partial charge in [-0.15, -0.1) is 0 Å². The number of ether oxygens (including phenoxy) is 3. The summed E-state index contributed by atoms with van der Waals surface area (Å²) in [5.74, 6) is 1.60. The smallest absolute Gasteiger partial charge is 0.247 e. The lowest BCUT2D eigenvalue weighted by Crippen LogP contribution is -2.50. The summed E-state index contributed by atoms with van der Waals surface area (Å²) in [6, 6.07) is 12.4. The number of rotatable bonds is 8. The van der Waals surface area contributed by atoms with E-state index in [1.165, 1.54) is 4.31 Å². The van der Waals surface area contributed by atoms with E-state index in [1.54, 1.807) is 26.2 Å². The summed E-state index contributed by atoms with van der Waals surface area (Å²) in [7, 11) is -0.146. The Morgan fingerprint density at radius 3 is 2.43 bits per heavy atom. The van der Waals surface area contributed by atoms with Crippen molar-refractivity contribution in [3.05, 3.63) is 42.5 Å². The van der Waals surface area contributed by atoms with Crippen molar-refractivity contribution in [3.8, 4) is 22.6 Å². The van der Waals surface area contributed by atoms with Gasteiger partial charge < -0.3 is 24.2 Å².